The number of anilines is 2. The predicted molar refractivity (Wildman–Crippen MR) is 81.0 cm³/mol. The summed E-state index contributed by atoms with van der Waals surface area (Å²) >= 11 is 0. The van der Waals surface area contributed by atoms with E-state index < -0.39 is 5.97 Å². The largest absolute Gasteiger partial charge is 0.478 e. The molecule has 5 nitrogen and oxygen atoms in total. The van der Waals surface area contributed by atoms with Crippen molar-refractivity contribution in [1.82, 2.24) is 9.97 Å². The van der Waals surface area contributed by atoms with Gasteiger partial charge in [-0.3, -0.25) is 9.97 Å². The molecule has 0 bridgehead atoms. The lowest BCUT2D eigenvalue weighted by molar-refractivity contribution is 0.0697. The van der Waals surface area contributed by atoms with E-state index in [2.05, 4.69) is 15.3 Å². The smallest absolute Gasteiger partial charge is 0.339 e. The van der Waals surface area contributed by atoms with Gasteiger partial charge in [0.25, 0.3) is 0 Å². The normalized spacial score (nSPS) is 10.5. The number of aromatic nitrogens is 2. The lowest BCUT2D eigenvalue weighted by atomic mass is 10.1. The van der Waals surface area contributed by atoms with Crippen LogP contribution in [-0.2, 0) is 0 Å². The second kappa shape index (κ2) is 5.20. The molecule has 3 aromatic rings. The molecule has 21 heavy (non-hydrogen) atoms. The first-order chi connectivity index (χ1) is 10.1. The van der Waals surface area contributed by atoms with Gasteiger partial charge in [0.2, 0.25) is 0 Å². The Labute approximate surface area is 121 Å². The third kappa shape index (κ3) is 2.53. The number of aromatic carboxylic acids is 1. The Morgan fingerprint density at radius 1 is 1.19 bits per heavy atom. The summed E-state index contributed by atoms with van der Waals surface area (Å²) in [5.74, 6) is -1.02. The van der Waals surface area contributed by atoms with Crippen LogP contribution in [0.2, 0.25) is 0 Å². The third-order valence-corrected chi connectivity index (χ3v) is 3.15. The zero-order chi connectivity index (χ0) is 14.8. The number of fused-ring (bicyclic) bond motifs is 1. The highest BCUT2D eigenvalue weighted by atomic mass is 16.4. The third-order valence-electron chi connectivity index (χ3n) is 3.15. The fraction of sp³-hybridized carbons (Fsp3) is 0.0625. The maximum atomic E-state index is 11.4. The van der Waals surface area contributed by atoms with Crippen LogP contribution in [0.25, 0.3) is 10.9 Å². The first kappa shape index (κ1) is 13.1. The molecular formula is C16H13N3O2. The molecule has 5 heteroatoms. The highest BCUT2D eigenvalue weighted by molar-refractivity contribution is 6.05. The summed E-state index contributed by atoms with van der Waals surface area (Å²) in [6, 6.07) is 9.33. The number of nitrogens with zero attached hydrogens (tertiary/aromatic N) is 2. The Morgan fingerprint density at radius 2 is 2.00 bits per heavy atom. The molecule has 0 saturated carbocycles. The van der Waals surface area contributed by atoms with Gasteiger partial charge in [-0.1, -0.05) is 18.2 Å². The van der Waals surface area contributed by atoms with E-state index >= 15 is 0 Å². The van der Waals surface area contributed by atoms with Crippen LogP contribution in [0.1, 0.15) is 15.9 Å². The quantitative estimate of drug-likeness (QED) is 0.768. The second-order valence-corrected chi connectivity index (χ2v) is 4.75. The van der Waals surface area contributed by atoms with Crippen molar-refractivity contribution in [1.29, 1.82) is 0 Å². The first-order valence-electron chi connectivity index (χ1n) is 6.45. The Kier molecular flexibility index (Phi) is 3.23. The molecule has 0 radical (unpaired) electrons. The summed E-state index contributed by atoms with van der Waals surface area (Å²) in [7, 11) is 0. The molecule has 0 spiro atoms. The highest BCUT2D eigenvalue weighted by Gasteiger charge is 2.14. The second-order valence-electron chi connectivity index (χ2n) is 4.75. The average molecular weight is 279 g/mol. The van der Waals surface area contributed by atoms with Gasteiger partial charge >= 0.3 is 5.97 Å². The van der Waals surface area contributed by atoms with Gasteiger partial charge in [-0.2, -0.15) is 0 Å². The molecular weight excluding hydrogens is 266 g/mol. The number of benzene rings is 1. The summed E-state index contributed by atoms with van der Waals surface area (Å²) in [6.07, 6.45) is 4.78. The maximum Gasteiger partial charge on any atom is 0.339 e. The van der Waals surface area contributed by atoms with Gasteiger partial charge in [-0.05, 0) is 24.6 Å². The van der Waals surface area contributed by atoms with Crippen LogP contribution >= 0.6 is 0 Å². The number of carboxylic acids is 1. The Hall–Kier alpha value is -2.95. The molecule has 1 aromatic carbocycles. The summed E-state index contributed by atoms with van der Waals surface area (Å²) < 4.78 is 0. The number of hydrogen-bond donors (Lipinski definition) is 2. The van der Waals surface area contributed by atoms with Gasteiger partial charge in [-0.15, -0.1) is 0 Å². The minimum absolute atomic E-state index is 0.134. The average Bonchev–Trinajstić information content (AvgIpc) is 2.47. The van der Waals surface area contributed by atoms with Crippen molar-refractivity contribution >= 4 is 28.2 Å². The predicted octanol–water partition coefficient (Wildman–Crippen LogP) is 3.38. The summed E-state index contributed by atoms with van der Waals surface area (Å²) in [5, 5.41) is 13.3. The van der Waals surface area contributed by atoms with Crippen LogP contribution in [0.3, 0.4) is 0 Å². The van der Waals surface area contributed by atoms with Gasteiger partial charge in [0.15, 0.2) is 0 Å². The number of pyridine rings is 2. The van der Waals surface area contributed by atoms with Gasteiger partial charge in [0, 0.05) is 17.8 Å². The molecule has 2 aromatic heterocycles. The number of carbonyl (C=O) groups is 1. The van der Waals surface area contributed by atoms with Crippen molar-refractivity contribution in [2.24, 2.45) is 0 Å². The highest BCUT2D eigenvalue weighted by Crippen LogP contribution is 2.29. The van der Waals surface area contributed by atoms with E-state index in [0.717, 1.165) is 22.2 Å². The molecule has 0 aliphatic rings. The van der Waals surface area contributed by atoms with E-state index in [0.29, 0.717) is 5.69 Å². The number of nitrogens with one attached hydrogen (secondary N) is 1. The number of rotatable bonds is 3. The molecule has 0 fully saturated rings. The van der Waals surface area contributed by atoms with Crippen LogP contribution in [-0.4, -0.2) is 21.0 Å². The zero-order valence-corrected chi connectivity index (χ0v) is 11.4. The number of aryl methyl sites for hydroxylation is 1. The maximum absolute atomic E-state index is 11.4. The Morgan fingerprint density at radius 3 is 2.76 bits per heavy atom. The van der Waals surface area contributed by atoms with Crippen molar-refractivity contribution < 1.29 is 9.90 Å². The lowest BCUT2D eigenvalue weighted by Crippen LogP contribution is -2.05. The molecule has 0 saturated heterocycles. The van der Waals surface area contributed by atoms with Gasteiger partial charge in [0.1, 0.15) is 5.56 Å². The number of para-hydroxylation sites is 1. The summed E-state index contributed by atoms with van der Waals surface area (Å²) in [4.78, 5) is 19.7. The van der Waals surface area contributed by atoms with Crippen LogP contribution in [0.4, 0.5) is 11.4 Å². The topological polar surface area (TPSA) is 75.1 Å². The van der Waals surface area contributed by atoms with E-state index in [1.54, 1.807) is 12.4 Å². The van der Waals surface area contributed by atoms with E-state index in [9.17, 15) is 9.90 Å². The molecule has 2 N–H and O–H groups in total. The van der Waals surface area contributed by atoms with Crippen molar-refractivity contribution in [3.63, 3.8) is 0 Å². The van der Waals surface area contributed by atoms with E-state index in [1.165, 1.54) is 6.20 Å². The van der Waals surface area contributed by atoms with Crippen LogP contribution in [0.5, 0.6) is 0 Å². The van der Waals surface area contributed by atoms with Gasteiger partial charge < -0.3 is 10.4 Å². The molecule has 3 rings (SSSR count). The van der Waals surface area contributed by atoms with Crippen LogP contribution in [0, 0.1) is 6.92 Å². The standard InChI is InChI=1S/C16H13N3O2/c1-10-6-11(8-17-7-10)19-15-12-4-2-3-5-14(12)18-9-13(15)16(20)21/h2-9H,1H3,(H,18,19)(H,20,21). The fourth-order valence-corrected chi connectivity index (χ4v) is 2.21. The minimum atomic E-state index is -1.02. The van der Waals surface area contributed by atoms with Crippen molar-refractivity contribution in [2.45, 2.75) is 6.92 Å². The lowest BCUT2D eigenvalue weighted by Gasteiger charge is -2.12. The van der Waals surface area contributed by atoms with Gasteiger partial charge in [0.05, 0.1) is 23.1 Å². The van der Waals surface area contributed by atoms with Crippen molar-refractivity contribution in [2.75, 3.05) is 5.32 Å². The molecule has 104 valence electrons. The van der Waals surface area contributed by atoms with Gasteiger partial charge in [-0.25, -0.2) is 4.79 Å². The molecule has 0 unspecified atom stereocenters. The van der Waals surface area contributed by atoms with E-state index in [1.807, 2.05) is 37.3 Å². The monoisotopic (exact) mass is 279 g/mol. The van der Waals surface area contributed by atoms with Crippen LogP contribution < -0.4 is 5.32 Å². The zero-order valence-electron chi connectivity index (χ0n) is 11.4. The molecule has 2 heterocycles. The summed E-state index contributed by atoms with van der Waals surface area (Å²) in [5.41, 5.74) is 3.14. The van der Waals surface area contributed by atoms with Crippen molar-refractivity contribution in [3.8, 4) is 0 Å². The minimum Gasteiger partial charge on any atom is -0.478 e. The Balaban J connectivity index is 2.18. The first-order valence-corrected chi connectivity index (χ1v) is 6.45. The number of hydrogen-bond acceptors (Lipinski definition) is 4. The van der Waals surface area contributed by atoms with Crippen molar-refractivity contribution in [3.05, 3.63) is 60.0 Å². The molecule has 0 amide bonds. The molecule has 0 aliphatic heterocycles. The molecule has 0 aliphatic carbocycles. The van der Waals surface area contributed by atoms with E-state index in [4.69, 9.17) is 0 Å². The summed E-state index contributed by atoms with van der Waals surface area (Å²) in [6.45, 7) is 1.93. The fourth-order valence-electron chi connectivity index (χ4n) is 2.21. The van der Waals surface area contributed by atoms with E-state index in [-0.39, 0.29) is 5.56 Å². The molecule has 0 atom stereocenters. The van der Waals surface area contributed by atoms with Crippen LogP contribution in [0.15, 0.2) is 48.9 Å². The SMILES string of the molecule is Cc1cncc(Nc2c(C(=O)O)cnc3ccccc23)c1. The Bertz CT molecular complexity index is 831. The number of carboxylic acid groups (broad SMARTS) is 1.